The van der Waals surface area contributed by atoms with Crippen LogP contribution in [-0.4, -0.2) is 56.0 Å². The molecule has 1 aliphatic heterocycles. The van der Waals surface area contributed by atoms with E-state index in [1.54, 1.807) is 30.3 Å². The summed E-state index contributed by atoms with van der Waals surface area (Å²) in [6.07, 6.45) is -0.856. The quantitative estimate of drug-likeness (QED) is 0.388. The summed E-state index contributed by atoms with van der Waals surface area (Å²) in [5, 5.41) is 14.0. The molecule has 39 heavy (non-hydrogen) atoms. The van der Waals surface area contributed by atoms with E-state index in [9.17, 15) is 27.1 Å². The molecular weight excluding hydrogens is 526 g/mol. The first-order valence-electron chi connectivity index (χ1n) is 12.8. The van der Waals surface area contributed by atoms with Crippen molar-refractivity contribution in [2.24, 2.45) is 0 Å². The molecule has 0 spiro atoms. The van der Waals surface area contributed by atoms with Gasteiger partial charge in [0.1, 0.15) is 17.4 Å². The summed E-state index contributed by atoms with van der Waals surface area (Å²) in [5.41, 5.74) is 3.07. The van der Waals surface area contributed by atoms with Gasteiger partial charge in [0.15, 0.2) is 9.84 Å². The maximum atomic E-state index is 13.7. The van der Waals surface area contributed by atoms with Crippen LogP contribution in [0.3, 0.4) is 0 Å². The molecule has 10 heteroatoms. The van der Waals surface area contributed by atoms with E-state index in [0.717, 1.165) is 29.2 Å². The average molecular weight is 559 g/mol. The smallest absolute Gasteiger partial charge is 0.410 e. The Hall–Kier alpha value is -3.34. The fourth-order valence-electron chi connectivity index (χ4n) is 4.66. The third-order valence-corrected chi connectivity index (χ3v) is 8.21. The molecule has 2 N–H and O–H groups in total. The number of benzene rings is 3. The number of nitrogens with one attached hydrogen (secondary N) is 1. The number of halogens is 2. The van der Waals surface area contributed by atoms with Gasteiger partial charge in [-0.1, -0.05) is 43.3 Å². The molecule has 1 unspecified atom stereocenters. The Balaban J connectivity index is 1.45. The maximum Gasteiger partial charge on any atom is 0.415 e. The number of amides is 1. The lowest BCUT2D eigenvalue weighted by atomic mass is 9.98. The predicted octanol–water partition coefficient (Wildman–Crippen LogP) is 4.19. The van der Waals surface area contributed by atoms with Crippen LogP contribution in [0.5, 0.6) is 5.75 Å². The molecule has 0 aromatic heterocycles. The number of para-hydroxylation sites is 1. The highest BCUT2D eigenvalue weighted by atomic mass is 32.2. The monoisotopic (exact) mass is 558 g/mol. The van der Waals surface area contributed by atoms with E-state index in [-0.39, 0.29) is 37.6 Å². The fourth-order valence-corrected chi connectivity index (χ4v) is 6.32. The maximum absolute atomic E-state index is 13.7. The molecule has 3 aromatic carbocycles. The fraction of sp³-hybridized carbons (Fsp3) is 0.345. The third-order valence-electron chi connectivity index (χ3n) is 6.62. The number of aryl methyl sites for hydroxylation is 1. The molecule has 1 heterocycles. The standard InChI is InChI=1S/C29H32F2N2O5S/c1-2-20-8-9-22-18-39(36,37)19-28(27(22)14-20)32-16-25(34)17-33(29(35)38-26-6-4-3-5-7-26)11-10-21-12-23(30)15-24(31)13-21/h3-9,12-15,25,28,32,34H,2,10-11,16-19H2,1H3/t25?,28-/m0/s1. The van der Waals surface area contributed by atoms with Gasteiger partial charge < -0.3 is 20.1 Å². The second-order valence-corrected chi connectivity index (χ2v) is 11.8. The van der Waals surface area contributed by atoms with Crippen LogP contribution in [0.4, 0.5) is 13.6 Å². The van der Waals surface area contributed by atoms with Crippen LogP contribution in [0.15, 0.2) is 66.7 Å². The lowest BCUT2D eigenvalue weighted by molar-refractivity contribution is 0.0989. The minimum Gasteiger partial charge on any atom is -0.410 e. The lowest BCUT2D eigenvalue weighted by Crippen LogP contribution is -2.45. The van der Waals surface area contributed by atoms with Crippen LogP contribution in [0, 0.1) is 11.6 Å². The van der Waals surface area contributed by atoms with Crippen molar-refractivity contribution in [2.45, 2.75) is 37.7 Å². The average Bonchev–Trinajstić information content (AvgIpc) is 2.89. The first-order valence-corrected chi connectivity index (χ1v) is 14.6. The van der Waals surface area contributed by atoms with Crippen LogP contribution in [0.1, 0.15) is 35.2 Å². The van der Waals surface area contributed by atoms with Crippen LogP contribution in [0.2, 0.25) is 0 Å². The van der Waals surface area contributed by atoms with E-state index in [2.05, 4.69) is 5.32 Å². The van der Waals surface area contributed by atoms with Gasteiger partial charge in [0.05, 0.1) is 24.2 Å². The second-order valence-electron chi connectivity index (χ2n) is 9.71. The van der Waals surface area contributed by atoms with E-state index in [1.165, 1.54) is 17.0 Å². The molecule has 0 fully saturated rings. The number of carbonyl (C=O) groups is 1. The van der Waals surface area contributed by atoms with Crippen molar-refractivity contribution in [3.8, 4) is 5.75 Å². The largest absolute Gasteiger partial charge is 0.415 e. The van der Waals surface area contributed by atoms with Gasteiger partial charge in [-0.25, -0.2) is 22.0 Å². The Bertz CT molecular complexity index is 1380. The summed E-state index contributed by atoms with van der Waals surface area (Å²) in [6.45, 7) is 1.93. The molecule has 0 saturated heterocycles. The van der Waals surface area contributed by atoms with Crippen LogP contribution < -0.4 is 10.1 Å². The number of carbonyl (C=O) groups excluding carboxylic acids is 1. The van der Waals surface area contributed by atoms with Crippen LogP contribution >= 0.6 is 0 Å². The number of ether oxygens (including phenoxy) is 1. The summed E-state index contributed by atoms with van der Waals surface area (Å²) < 4.78 is 57.8. The van der Waals surface area contributed by atoms with Gasteiger partial charge in [-0.15, -0.1) is 0 Å². The highest BCUT2D eigenvalue weighted by molar-refractivity contribution is 7.90. The number of fused-ring (bicyclic) bond motifs is 1. The molecule has 0 saturated carbocycles. The molecule has 1 aliphatic rings. The topological polar surface area (TPSA) is 95.9 Å². The Morgan fingerprint density at radius 1 is 1.08 bits per heavy atom. The number of hydrogen-bond donors (Lipinski definition) is 2. The molecule has 3 aromatic rings. The molecule has 0 aliphatic carbocycles. The summed E-state index contributed by atoms with van der Waals surface area (Å²) in [5.74, 6) is -1.24. The molecule has 0 radical (unpaired) electrons. The van der Waals surface area contributed by atoms with Gasteiger partial charge in [-0.05, 0) is 59.4 Å². The van der Waals surface area contributed by atoms with Crippen molar-refractivity contribution in [1.82, 2.24) is 10.2 Å². The van der Waals surface area contributed by atoms with Gasteiger partial charge >= 0.3 is 6.09 Å². The molecular formula is C29H32F2N2O5S. The Labute approximate surface area is 227 Å². The number of hydrogen-bond acceptors (Lipinski definition) is 6. The number of rotatable bonds is 10. The van der Waals surface area contributed by atoms with Crippen LogP contribution in [-0.2, 0) is 28.4 Å². The Kier molecular flexibility index (Phi) is 9.32. The zero-order chi connectivity index (χ0) is 28.0. The first kappa shape index (κ1) is 28.7. The zero-order valence-electron chi connectivity index (χ0n) is 21.6. The minimum atomic E-state index is -3.32. The third kappa shape index (κ3) is 8.08. The number of sulfone groups is 1. The SMILES string of the molecule is CCc1ccc2c(c1)[C@@H](NCC(O)CN(CCc1cc(F)cc(F)c1)C(=O)Oc1ccccc1)CS(=O)(=O)C2. The highest BCUT2D eigenvalue weighted by Crippen LogP contribution is 2.29. The molecule has 0 bridgehead atoms. The summed E-state index contributed by atoms with van der Waals surface area (Å²) in [7, 11) is -3.32. The van der Waals surface area contributed by atoms with E-state index in [4.69, 9.17) is 4.74 Å². The van der Waals surface area contributed by atoms with Gasteiger partial charge in [0.2, 0.25) is 0 Å². The molecule has 1 amide bonds. The normalized spacial score (nSPS) is 16.8. The number of aliphatic hydroxyl groups excluding tert-OH is 1. The molecule has 2 atom stereocenters. The Morgan fingerprint density at radius 3 is 2.49 bits per heavy atom. The molecule has 208 valence electrons. The predicted molar refractivity (Wildman–Crippen MR) is 144 cm³/mol. The van der Waals surface area contributed by atoms with E-state index >= 15 is 0 Å². The van der Waals surface area contributed by atoms with Crippen molar-refractivity contribution in [3.05, 3.63) is 101 Å². The Morgan fingerprint density at radius 2 is 1.79 bits per heavy atom. The summed E-state index contributed by atoms with van der Waals surface area (Å²) >= 11 is 0. The summed E-state index contributed by atoms with van der Waals surface area (Å²) in [6, 6.07) is 16.8. The minimum absolute atomic E-state index is 0.0136. The van der Waals surface area contributed by atoms with Crippen molar-refractivity contribution < 1.29 is 31.8 Å². The van der Waals surface area contributed by atoms with E-state index in [1.807, 2.05) is 25.1 Å². The van der Waals surface area contributed by atoms with Gasteiger partial charge in [0.25, 0.3) is 0 Å². The van der Waals surface area contributed by atoms with Crippen molar-refractivity contribution in [2.75, 3.05) is 25.4 Å². The van der Waals surface area contributed by atoms with Gasteiger partial charge in [0, 0.05) is 25.2 Å². The number of nitrogens with zero attached hydrogens (tertiary/aromatic N) is 1. The highest BCUT2D eigenvalue weighted by Gasteiger charge is 2.30. The first-order chi connectivity index (χ1) is 18.6. The van der Waals surface area contributed by atoms with Crippen molar-refractivity contribution in [1.29, 1.82) is 0 Å². The lowest BCUT2D eigenvalue weighted by Gasteiger charge is -2.29. The molecule has 7 nitrogen and oxygen atoms in total. The van der Waals surface area contributed by atoms with Crippen molar-refractivity contribution in [3.63, 3.8) is 0 Å². The second kappa shape index (κ2) is 12.7. The van der Waals surface area contributed by atoms with E-state index in [0.29, 0.717) is 11.3 Å². The van der Waals surface area contributed by atoms with Gasteiger partial charge in [-0.3, -0.25) is 0 Å². The zero-order valence-corrected chi connectivity index (χ0v) is 22.5. The van der Waals surface area contributed by atoms with Gasteiger partial charge in [-0.2, -0.15) is 0 Å². The number of aliphatic hydroxyl groups is 1. The van der Waals surface area contributed by atoms with Crippen LogP contribution in [0.25, 0.3) is 0 Å². The summed E-state index contributed by atoms with van der Waals surface area (Å²) in [4.78, 5) is 14.2. The molecule has 4 rings (SSSR count). The van der Waals surface area contributed by atoms with E-state index < -0.39 is 39.7 Å². The van der Waals surface area contributed by atoms with Crippen molar-refractivity contribution >= 4 is 15.9 Å².